The zero-order valence-electron chi connectivity index (χ0n) is 18.2. The van der Waals surface area contributed by atoms with Crippen LogP contribution in [-0.4, -0.2) is 21.0 Å². The van der Waals surface area contributed by atoms with Gasteiger partial charge in [-0.3, -0.25) is 4.79 Å². The molecule has 1 unspecified atom stereocenters. The Morgan fingerprint density at radius 1 is 1.06 bits per heavy atom. The summed E-state index contributed by atoms with van der Waals surface area (Å²) in [6.07, 6.45) is -4.65. The monoisotopic (exact) mass is 469 g/mol. The van der Waals surface area contributed by atoms with Crippen molar-refractivity contribution >= 4 is 16.7 Å². The van der Waals surface area contributed by atoms with E-state index in [0.29, 0.717) is 0 Å². The second-order valence-electron chi connectivity index (χ2n) is 7.88. The summed E-state index contributed by atoms with van der Waals surface area (Å²) < 4.78 is 39.6. The van der Waals surface area contributed by atoms with Gasteiger partial charge < -0.3 is 15.3 Å². The SMILES string of the molecule is CC(C(=O)NCc1cc(C(F)(F)F)nn1OCc1ccccc1)c1ccc2cc(O)ccc2c1. The quantitative estimate of drug-likeness (QED) is 0.407. The smallest absolute Gasteiger partial charge is 0.435 e. The van der Waals surface area contributed by atoms with Crippen molar-refractivity contribution in [2.24, 2.45) is 0 Å². The van der Waals surface area contributed by atoms with Gasteiger partial charge in [0.1, 0.15) is 12.4 Å². The lowest BCUT2D eigenvalue weighted by molar-refractivity contribution is -0.142. The first-order chi connectivity index (χ1) is 16.2. The van der Waals surface area contributed by atoms with Crippen LogP contribution in [0.4, 0.5) is 13.2 Å². The minimum Gasteiger partial charge on any atom is -0.508 e. The number of carbonyl (C=O) groups is 1. The second-order valence-corrected chi connectivity index (χ2v) is 7.88. The van der Waals surface area contributed by atoms with Gasteiger partial charge in [0.15, 0.2) is 5.69 Å². The standard InChI is InChI=1S/C25H22F3N3O3/c1-16(18-7-8-20-12-22(32)10-9-19(20)11-18)24(33)29-14-21-13-23(25(26,27)28)30-31(21)34-15-17-5-3-2-4-6-17/h2-13,16,32H,14-15H2,1H3,(H,29,33). The van der Waals surface area contributed by atoms with E-state index < -0.39 is 17.8 Å². The Balaban J connectivity index is 1.47. The molecule has 1 aromatic heterocycles. The highest BCUT2D eigenvalue weighted by Crippen LogP contribution is 2.29. The summed E-state index contributed by atoms with van der Waals surface area (Å²) >= 11 is 0. The topological polar surface area (TPSA) is 76.4 Å². The van der Waals surface area contributed by atoms with Crippen molar-refractivity contribution in [1.29, 1.82) is 0 Å². The summed E-state index contributed by atoms with van der Waals surface area (Å²) in [6, 6.07) is 20.2. The highest BCUT2D eigenvalue weighted by atomic mass is 19.4. The third kappa shape index (κ3) is 5.31. The third-order valence-corrected chi connectivity index (χ3v) is 5.42. The van der Waals surface area contributed by atoms with Gasteiger partial charge in [-0.25, -0.2) is 0 Å². The summed E-state index contributed by atoms with van der Waals surface area (Å²) in [5, 5.41) is 17.5. The molecule has 6 nitrogen and oxygen atoms in total. The number of nitrogens with zero attached hydrogens (tertiary/aromatic N) is 2. The fourth-order valence-corrected chi connectivity index (χ4v) is 3.49. The maximum absolute atomic E-state index is 13.2. The van der Waals surface area contributed by atoms with Gasteiger partial charge in [0.25, 0.3) is 0 Å². The predicted octanol–water partition coefficient (Wildman–Crippen LogP) is 4.81. The van der Waals surface area contributed by atoms with E-state index in [4.69, 9.17) is 4.84 Å². The molecule has 0 spiro atoms. The van der Waals surface area contributed by atoms with Crippen molar-refractivity contribution in [2.45, 2.75) is 32.2 Å². The fraction of sp³-hybridized carbons (Fsp3) is 0.200. The van der Waals surface area contributed by atoms with Crippen LogP contribution in [0, 0.1) is 0 Å². The van der Waals surface area contributed by atoms with Gasteiger partial charge in [0, 0.05) is 0 Å². The number of carbonyl (C=O) groups excluding carboxylic acids is 1. The van der Waals surface area contributed by atoms with Gasteiger partial charge in [0.05, 0.1) is 18.2 Å². The number of benzene rings is 3. The van der Waals surface area contributed by atoms with Crippen molar-refractivity contribution in [2.75, 3.05) is 0 Å². The Morgan fingerprint density at radius 3 is 2.50 bits per heavy atom. The largest absolute Gasteiger partial charge is 0.508 e. The number of nitrogens with one attached hydrogen (secondary N) is 1. The average Bonchev–Trinajstić information content (AvgIpc) is 3.24. The number of hydrogen-bond acceptors (Lipinski definition) is 4. The van der Waals surface area contributed by atoms with Gasteiger partial charge in [0.2, 0.25) is 5.91 Å². The summed E-state index contributed by atoms with van der Waals surface area (Å²) in [6.45, 7) is 1.54. The molecule has 0 bridgehead atoms. The zero-order chi connectivity index (χ0) is 24.3. The molecule has 0 saturated heterocycles. The number of amides is 1. The van der Waals surface area contributed by atoms with Gasteiger partial charge in [-0.05, 0) is 47.0 Å². The van der Waals surface area contributed by atoms with Crippen LogP contribution in [-0.2, 0) is 24.1 Å². The molecule has 0 saturated carbocycles. The molecule has 0 radical (unpaired) electrons. The number of halogens is 3. The van der Waals surface area contributed by atoms with Gasteiger partial charge in [-0.15, -0.1) is 9.94 Å². The van der Waals surface area contributed by atoms with Crippen LogP contribution in [0.3, 0.4) is 0 Å². The third-order valence-electron chi connectivity index (χ3n) is 5.42. The number of aromatic hydroxyl groups is 1. The molecule has 3 aromatic carbocycles. The lowest BCUT2D eigenvalue weighted by Crippen LogP contribution is -2.29. The van der Waals surface area contributed by atoms with Crippen molar-refractivity contribution in [3.8, 4) is 5.75 Å². The summed E-state index contributed by atoms with van der Waals surface area (Å²) in [5.74, 6) is -0.764. The first kappa shape index (κ1) is 23.2. The number of alkyl halides is 3. The molecule has 0 aliphatic rings. The summed E-state index contributed by atoms with van der Waals surface area (Å²) in [4.78, 5) is 19.0. The molecule has 4 aromatic rings. The van der Waals surface area contributed by atoms with Crippen molar-refractivity contribution in [3.05, 3.63) is 95.3 Å². The number of phenolic OH excluding ortho intramolecular Hbond substituents is 1. The Morgan fingerprint density at radius 2 is 1.76 bits per heavy atom. The maximum atomic E-state index is 13.2. The number of hydrogen-bond donors (Lipinski definition) is 2. The van der Waals surface area contributed by atoms with Gasteiger partial charge in [-0.2, -0.15) is 13.2 Å². The lowest BCUT2D eigenvalue weighted by atomic mass is 9.97. The lowest BCUT2D eigenvalue weighted by Gasteiger charge is -2.14. The number of phenols is 1. The van der Waals surface area contributed by atoms with Crippen molar-refractivity contribution < 1.29 is 27.9 Å². The Kier molecular flexibility index (Phi) is 6.45. The molecular formula is C25H22F3N3O3. The van der Waals surface area contributed by atoms with E-state index in [1.54, 1.807) is 61.5 Å². The Labute approximate surface area is 193 Å². The highest BCUT2D eigenvalue weighted by Gasteiger charge is 2.35. The summed E-state index contributed by atoms with van der Waals surface area (Å²) in [5.41, 5.74) is 0.466. The van der Waals surface area contributed by atoms with Crippen molar-refractivity contribution in [1.82, 2.24) is 15.3 Å². The van der Waals surface area contributed by atoms with Crippen LogP contribution in [0.2, 0.25) is 0 Å². The zero-order valence-corrected chi connectivity index (χ0v) is 18.2. The number of fused-ring (bicyclic) bond motifs is 1. The average molecular weight is 469 g/mol. The molecule has 0 aliphatic carbocycles. The predicted molar refractivity (Wildman–Crippen MR) is 120 cm³/mol. The molecule has 34 heavy (non-hydrogen) atoms. The summed E-state index contributed by atoms with van der Waals surface area (Å²) in [7, 11) is 0. The maximum Gasteiger partial charge on any atom is 0.435 e. The van der Waals surface area contributed by atoms with Crippen LogP contribution in [0.15, 0.2) is 72.8 Å². The number of aromatic nitrogens is 2. The van der Waals surface area contributed by atoms with Gasteiger partial charge >= 0.3 is 6.18 Å². The number of rotatable bonds is 7. The molecule has 176 valence electrons. The molecule has 1 heterocycles. The molecule has 2 N–H and O–H groups in total. The van der Waals surface area contributed by atoms with E-state index >= 15 is 0 Å². The molecule has 4 rings (SSSR count). The van der Waals surface area contributed by atoms with E-state index in [1.807, 2.05) is 12.1 Å². The molecule has 0 aliphatic heterocycles. The van der Waals surface area contributed by atoms with E-state index in [9.17, 15) is 23.1 Å². The van der Waals surface area contributed by atoms with Crippen LogP contribution in [0.5, 0.6) is 5.75 Å². The van der Waals surface area contributed by atoms with Crippen molar-refractivity contribution in [3.63, 3.8) is 0 Å². The fourth-order valence-electron chi connectivity index (χ4n) is 3.49. The van der Waals surface area contributed by atoms with E-state index in [2.05, 4.69) is 10.4 Å². The van der Waals surface area contributed by atoms with Crippen LogP contribution >= 0.6 is 0 Å². The molecule has 9 heteroatoms. The first-order valence-corrected chi connectivity index (χ1v) is 10.5. The van der Waals surface area contributed by atoms with E-state index in [1.165, 1.54) is 0 Å². The van der Waals surface area contributed by atoms with Gasteiger partial charge in [-0.1, -0.05) is 54.6 Å². The van der Waals surface area contributed by atoms with Crippen LogP contribution < -0.4 is 10.2 Å². The normalized spacial score (nSPS) is 12.5. The van der Waals surface area contributed by atoms with E-state index in [0.717, 1.165) is 32.8 Å². The minimum atomic E-state index is -4.65. The molecule has 0 fully saturated rings. The highest BCUT2D eigenvalue weighted by molar-refractivity contribution is 5.88. The Hall–Kier alpha value is -4.01. The van der Waals surface area contributed by atoms with E-state index in [-0.39, 0.29) is 30.5 Å². The molecular weight excluding hydrogens is 447 g/mol. The molecule has 1 amide bonds. The molecule has 1 atom stereocenters. The Bertz CT molecular complexity index is 1300. The first-order valence-electron chi connectivity index (χ1n) is 10.5. The second kappa shape index (κ2) is 9.46. The van der Waals surface area contributed by atoms with Crippen LogP contribution in [0.25, 0.3) is 10.8 Å². The minimum absolute atomic E-state index is 0.0177. The van der Waals surface area contributed by atoms with Crippen LogP contribution in [0.1, 0.15) is 35.4 Å².